The molecule has 1 aromatic rings. The van der Waals surface area contributed by atoms with Crippen molar-refractivity contribution in [1.82, 2.24) is 5.32 Å². The number of carbonyl (C=O) groups is 1. The van der Waals surface area contributed by atoms with Crippen LogP contribution in [0.25, 0.3) is 0 Å². The fraction of sp³-hybridized carbons (Fsp3) is 0.533. The number of esters is 1. The Kier molecular flexibility index (Phi) is 7.53. The fourth-order valence-electron chi connectivity index (χ4n) is 1.87. The van der Waals surface area contributed by atoms with Crippen molar-refractivity contribution in [1.29, 1.82) is 0 Å². The lowest BCUT2D eigenvalue weighted by Gasteiger charge is -2.18. The van der Waals surface area contributed by atoms with E-state index in [9.17, 15) is 4.79 Å². The molecule has 0 bridgehead atoms. The van der Waals surface area contributed by atoms with Gasteiger partial charge in [0.25, 0.3) is 0 Å². The lowest BCUT2D eigenvalue weighted by molar-refractivity contribution is -0.143. The summed E-state index contributed by atoms with van der Waals surface area (Å²) in [7, 11) is 0. The van der Waals surface area contributed by atoms with Crippen molar-refractivity contribution in [2.75, 3.05) is 13.2 Å². The molecule has 0 saturated carbocycles. The van der Waals surface area contributed by atoms with Gasteiger partial charge in [-0.1, -0.05) is 37.1 Å². The van der Waals surface area contributed by atoms with Gasteiger partial charge in [-0.15, -0.1) is 0 Å². The number of benzene rings is 1. The minimum absolute atomic E-state index is 0.0377. The lowest BCUT2D eigenvalue weighted by atomic mass is 10.0. The first kappa shape index (κ1) is 16.0. The van der Waals surface area contributed by atoms with Crippen LogP contribution in [0.2, 0.25) is 5.02 Å². The highest BCUT2D eigenvalue weighted by atomic mass is 35.5. The zero-order chi connectivity index (χ0) is 14.1. The molecule has 19 heavy (non-hydrogen) atoms. The van der Waals surface area contributed by atoms with Crippen molar-refractivity contribution in [3.8, 4) is 0 Å². The molecule has 0 aromatic heterocycles. The second kappa shape index (κ2) is 8.94. The summed E-state index contributed by atoms with van der Waals surface area (Å²) in [4.78, 5) is 11.6. The highest BCUT2D eigenvalue weighted by Gasteiger charge is 2.16. The van der Waals surface area contributed by atoms with Gasteiger partial charge >= 0.3 is 5.97 Å². The van der Waals surface area contributed by atoms with Gasteiger partial charge in [0.1, 0.15) is 0 Å². The normalized spacial score (nSPS) is 12.2. The van der Waals surface area contributed by atoms with Crippen molar-refractivity contribution in [2.24, 2.45) is 0 Å². The first-order valence-electron chi connectivity index (χ1n) is 6.81. The van der Waals surface area contributed by atoms with Gasteiger partial charge < -0.3 is 10.1 Å². The summed E-state index contributed by atoms with van der Waals surface area (Å²) >= 11 is 6.00. The predicted molar refractivity (Wildman–Crippen MR) is 78.4 cm³/mol. The first-order valence-corrected chi connectivity index (χ1v) is 7.19. The maximum absolute atomic E-state index is 11.6. The lowest BCUT2D eigenvalue weighted by Crippen LogP contribution is -2.25. The van der Waals surface area contributed by atoms with Gasteiger partial charge in [0.2, 0.25) is 0 Å². The van der Waals surface area contributed by atoms with Crippen molar-refractivity contribution < 1.29 is 9.53 Å². The van der Waals surface area contributed by atoms with Crippen LogP contribution in [-0.4, -0.2) is 19.1 Å². The number of hydrogen-bond donors (Lipinski definition) is 1. The van der Waals surface area contributed by atoms with Crippen molar-refractivity contribution in [3.63, 3.8) is 0 Å². The van der Waals surface area contributed by atoms with E-state index in [0.29, 0.717) is 18.1 Å². The topological polar surface area (TPSA) is 38.3 Å². The molecule has 1 aromatic carbocycles. The van der Waals surface area contributed by atoms with Crippen molar-refractivity contribution in [3.05, 3.63) is 34.9 Å². The molecular formula is C15H22ClNO2. The van der Waals surface area contributed by atoms with Crippen LogP contribution >= 0.6 is 11.6 Å². The molecule has 1 unspecified atom stereocenters. The highest BCUT2D eigenvalue weighted by Crippen LogP contribution is 2.21. The molecule has 0 saturated heterocycles. The number of ether oxygens (including phenoxy) is 1. The van der Waals surface area contributed by atoms with Crippen LogP contribution in [0.1, 0.15) is 44.7 Å². The SMILES string of the molecule is CCCCNC(CC(=O)OCC)c1cccc(Cl)c1. The molecule has 0 aliphatic rings. The van der Waals surface area contributed by atoms with Crippen molar-refractivity contribution in [2.45, 2.75) is 39.2 Å². The first-order chi connectivity index (χ1) is 9.17. The quantitative estimate of drug-likeness (QED) is 0.584. The maximum atomic E-state index is 11.6. The van der Waals surface area contributed by atoms with E-state index in [1.165, 1.54) is 0 Å². The number of carbonyl (C=O) groups excluding carboxylic acids is 1. The Labute approximate surface area is 120 Å². The zero-order valence-corrected chi connectivity index (χ0v) is 12.4. The summed E-state index contributed by atoms with van der Waals surface area (Å²) in [5, 5.41) is 4.08. The molecule has 4 heteroatoms. The third-order valence-corrected chi connectivity index (χ3v) is 3.08. The van der Waals surface area contributed by atoms with E-state index in [0.717, 1.165) is 24.9 Å². The van der Waals surface area contributed by atoms with Crippen LogP contribution in [0.15, 0.2) is 24.3 Å². The average Bonchev–Trinajstić information content (AvgIpc) is 2.38. The van der Waals surface area contributed by atoms with Gasteiger partial charge in [0, 0.05) is 11.1 Å². The number of rotatable bonds is 8. The monoisotopic (exact) mass is 283 g/mol. The van der Waals surface area contributed by atoms with Gasteiger partial charge in [-0.2, -0.15) is 0 Å². The summed E-state index contributed by atoms with van der Waals surface area (Å²) in [5.41, 5.74) is 1.02. The van der Waals surface area contributed by atoms with Gasteiger partial charge in [-0.3, -0.25) is 4.79 Å². The molecule has 0 spiro atoms. The van der Waals surface area contributed by atoms with Gasteiger partial charge in [0.15, 0.2) is 0 Å². The molecule has 3 nitrogen and oxygen atoms in total. The molecule has 0 heterocycles. The van der Waals surface area contributed by atoms with Crippen LogP contribution in [0, 0.1) is 0 Å². The predicted octanol–water partition coefficient (Wildman–Crippen LogP) is 3.72. The second-order valence-corrected chi connectivity index (χ2v) is 4.86. The molecule has 0 aliphatic heterocycles. The molecule has 0 radical (unpaired) electrons. The van der Waals surface area contributed by atoms with Gasteiger partial charge in [-0.05, 0) is 37.6 Å². The van der Waals surface area contributed by atoms with E-state index in [1.54, 1.807) is 0 Å². The fourth-order valence-corrected chi connectivity index (χ4v) is 2.07. The zero-order valence-electron chi connectivity index (χ0n) is 11.6. The number of nitrogens with one attached hydrogen (secondary N) is 1. The Morgan fingerprint density at radius 1 is 1.42 bits per heavy atom. The third kappa shape index (κ3) is 6.08. The minimum atomic E-state index is -0.184. The third-order valence-electron chi connectivity index (χ3n) is 2.85. The van der Waals surface area contributed by atoms with Gasteiger partial charge in [0.05, 0.1) is 13.0 Å². The van der Waals surface area contributed by atoms with Crippen LogP contribution in [0.4, 0.5) is 0 Å². The summed E-state index contributed by atoms with van der Waals surface area (Å²) < 4.78 is 5.02. The van der Waals surface area contributed by atoms with Crippen LogP contribution in [0.5, 0.6) is 0 Å². The second-order valence-electron chi connectivity index (χ2n) is 4.42. The minimum Gasteiger partial charge on any atom is -0.466 e. The Balaban J connectivity index is 2.70. The van der Waals surface area contributed by atoms with E-state index in [-0.39, 0.29) is 12.0 Å². The molecule has 1 atom stereocenters. The standard InChI is InChI=1S/C15H22ClNO2/c1-3-5-9-17-14(11-15(18)19-4-2)12-7-6-8-13(16)10-12/h6-8,10,14,17H,3-5,9,11H2,1-2H3. The van der Waals surface area contributed by atoms with Crippen LogP contribution in [0.3, 0.4) is 0 Å². The van der Waals surface area contributed by atoms with Crippen LogP contribution in [-0.2, 0) is 9.53 Å². The van der Waals surface area contributed by atoms with E-state index in [1.807, 2.05) is 31.2 Å². The Bertz CT molecular complexity index is 395. The van der Waals surface area contributed by atoms with Crippen molar-refractivity contribution >= 4 is 17.6 Å². The highest BCUT2D eigenvalue weighted by molar-refractivity contribution is 6.30. The van der Waals surface area contributed by atoms with E-state index in [2.05, 4.69) is 12.2 Å². The molecule has 0 fully saturated rings. The Hall–Kier alpha value is -1.06. The number of unbranched alkanes of at least 4 members (excludes halogenated alkanes) is 1. The average molecular weight is 284 g/mol. The summed E-state index contributed by atoms with van der Waals surface area (Å²) in [6.45, 7) is 5.25. The molecule has 0 aliphatic carbocycles. The molecule has 106 valence electrons. The Morgan fingerprint density at radius 2 is 2.21 bits per heavy atom. The molecule has 1 N–H and O–H groups in total. The summed E-state index contributed by atoms with van der Waals surface area (Å²) in [6.07, 6.45) is 2.53. The molecule has 0 amide bonds. The largest absolute Gasteiger partial charge is 0.466 e. The van der Waals surface area contributed by atoms with E-state index in [4.69, 9.17) is 16.3 Å². The summed E-state index contributed by atoms with van der Waals surface area (Å²) in [6, 6.07) is 7.57. The Morgan fingerprint density at radius 3 is 2.84 bits per heavy atom. The van der Waals surface area contributed by atoms with Crippen LogP contribution < -0.4 is 5.32 Å². The number of hydrogen-bond acceptors (Lipinski definition) is 3. The van der Waals surface area contributed by atoms with E-state index < -0.39 is 0 Å². The number of halogens is 1. The smallest absolute Gasteiger partial charge is 0.307 e. The molecular weight excluding hydrogens is 262 g/mol. The van der Waals surface area contributed by atoms with E-state index >= 15 is 0 Å². The maximum Gasteiger partial charge on any atom is 0.307 e. The summed E-state index contributed by atoms with van der Waals surface area (Å²) in [5.74, 6) is -0.184. The molecule has 1 rings (SSSR count). The van der Waals surface area contributed by atoms with Gasteiger partial charge in [-0.25, -0.2) is 0 Å².